The van der Waals surface area contributed by atoms with E-state index >= 15 is 0 Å². The van der Waals surface area contributed by atoms with Crippen molar-refractivity contribution in [3.05, 3.63) is 59.8 Å². The van der Waals surface area contributed by atoms with Crippen molar-refractivity contribution in [2.45, 2.75) is 31.8 Å². The third kappa shape index (κ3) is 3.60. The van der Waals surface area contributed by atoms with Crippen molar-refractivity contribution in [3.8, 4) is 11.1 Å². The Balaban J connectivity index is 1.33. The average molecular weight is 458 g/mol. The quantitative estimate of drug-likeness (QED) is 0.430. The van der Waals surface area contributed by atoms with Gasteiger partial charge in [-0.15, -0.1) is 0 Å². The van der Waals surface area contributed by atoms with Crippen molar-refractivity contribution in [1.29, 1.82) is 0 Å². The minimum absolute atomic E-state index is 0.00892. The molecule has 1 amide bonds. The summed E-state index contributed by atoms with van der Waals surface area (Å²) < 4.78 is 12.8. The number of nitrogens with one attached hydrogen (secondary N) is 3. The fraction of sp³-hybridized carbons (Fsp3) is 0.333. The van der Waals surface area contributed by atoms with Gasteiger partial charge in [0.05, 0.1) is 6.67 Å². The lowest BCUT2D eigenvalue weighted by molar-refractivity contribution is 0.0946. The zero-order valence-electron chi connectivity index (χ0n) is 19.2. The van der Waals surface area contributed by atoms with Crippen molar-refractivity contribution < 1.29 is 9.18 Å². The first-order valence-electron chi connectivity index (χ1n) is 12.0. The van der Waals surface area contributed by atoms with Crippen molar-refractivity contribution >= 4 is 33.5 Å². The molecule has 2 aromatic heterocycles. The molecule has 6 rings (SSSR count). The highest BCUT2D eigenvalue weighted by Crippen LogP contribution is 2.32. The molecule has 0 aliphatic carbocycles. The Morgan fingerprint density at radius 1 is 1.12 bits per heavy atom. The van der Waals surface area contributed by atoms with Crippen LogP contribution in [0.3, 0.4) is 0 Å². The van der Waals surface area contributed by atoms with Gasteiger partial charge in [0, 0.05) is 71.0 Å². The molecule has 2 aromatic carbocycles. The van der Waals surface area contributed by atoms with Crippen LogP contribution in [0.5, 0.6) is 0 Å². The number of hydrogen-bond donors (Lipinski definition) is 3. The Kier molecular flexibility index (Phi) is 5.21. The van der Waals surface area contributed by atoms with Gasteiger partial charge in [0.1, 0.15) is 5.65 Å². The van der Waals surface area contributed by atoms with E-state index < -0.39 is 0 Å². The van der Waals surface area contributed by atoms with E-state index in [9.17, 15) is 9.18 Å². The van der Waals surface area contributed by atoms with Crippen LogP contribution in [0, 0.1) is 0 Å². The molecule has 1 saturated heterocycles. The summed E-state index contributed by atoms with van der Waals surface area (Å²) in [6.07, 6.45) is 3.28. The predicted molar refractivity (Wildman–Crippen MR) is 134 cm³/mol. The molecule has 2 aliphatic rings. The first-order chi connectivity index (χ1) is 16.6. The molecule has 0 spiro atoms. The maximum Gasteiger partial charge on any atom is 0.251 e. The molecule has 2 unspecified atom stereocenters. The highest BCUT2D eigenvalue weighted by molar-refractivity contribution is 6.10. The zero-order chi connectivity index (χ0) is 23.2. The molecule has 0 radical (unpaired) electrons. The van der Waals surface area contributed by atoms with Crippen LogP contribution in [0.1, 0.15) is 29.3 Å². The van der Waals surface area contributed by atoms with Crippen molar-refractivity contribution in [3.63, 3.8) is 0 Å². The van der Waals surface area contributed by atoms with Gasteiger partial charge in [0.2, 0.25) is 0 Å². The number of fused-ring (bicyclic) bond motifs is 4. The summed E-state index contributed by atoms with van der Waals surface area (Å²) >= 11 is 0. The van der Waals surface area contributed by atoms with E-state index in [0.717, 1.165) is 69.4 Å². The number of anilines is 1. The van der Waals surface area contributed by atoms with Crippen molar-refractivity contribution in [2.24, 2.45) is 0 Å². The Hall–Kier alpha value is -3.45. The number of amides is 1. The highest BCUT2D eigenvalue weighted by atomic mass is 19.1. The van der Waals surface area contributed by atoms with E-state index in [-0.39, 0.29) is 18.6 Å². The highest BCUT2D eigenvalue weighted by Gasteiger charge is 2.25. The van der Waals surface area contributed by atoms with Gasteiger partial charge in [0.15, 0.2) is 0 Å². The number of carbonyl (C=O) groups excluding carboxylic acids is 1. The number of piperazine rings is 1. The number of aromatic amines is 1. The molecule has 7 heteroatoms. The summed E-state index contributed by atoms with van der Waals surface area (Å²) in [7, 11) is 0. The second kappa shape index (κ2) is 8.40. The Labute approximate surface area is 197 Å². The van der Waals surface area contributed by atoms with Crippen LogP contribution < -0.4 is 15.5 Å². The zero-order valence-corrected chi connectivity index (χ0v) is 19.2. The van der Waals surface area contributed by atoms with Crippen molar-refractivity contribution in [1.82, 2.24) is 20.6 Å². The van der Waals surface area contributed by atoms with Gasteiger partial charge in [-0.25, -0.2) is 4.98 Å². The number of pyridine rings is 1. The molecular formula is C27H28FN5O. The molecule has 3 N–H and O–H groups in total. The van der Waals surface area contributed by atoms with Crippen LogP contribution in [0.2, 0.25) is 0 Å². The molecule has 34 heavy (non-hydrogen) atoms. The number of carbonyl (C=O) groups is 1. The largest absolute Gasteiger partial charge is 0.366 e. The van der Waals surface area contributed by atoms with Crippen molar-refractivity contribution in [2.75, 3.05) is 31.2 Å². The summed E-state index contributed by atoms with van der Waals surface area (Å²) in [6, 6.07) is 15.4. The van der Waals surface area contributed by atoms with Crippen LogP contribution in [0.4, 0.5) is 10.1 Å². The Morgan fingerprint density at radius 3 is 2.79 bits per heavy atom. The third-order valence-corrected chi connectivity index (χ3v) is 7.24. The summed E-state index contributed by atoms with van der Waals surface area (Å²) in [5, 5.41) is 8.52. The lowest BCUT2D eigenvalue weighted by Gasteiger charge is -2.40. The standard InChI is InChI=1S/C27H28FN5O/c1-16-13-30-20(6-8-28)15-33(16)21-4-2-17(3-5-21)19-11-24-23-10-18-7-9-29-27(34)22(18)12-25(23)32-26(24)31-14-19/h2-5,10-12,14,16,20,30H,6-9,13,15H2,1H3,(H,29,34)(H,31,32). The number of aromatic nitrogens is 2. The number of H-pyrrole nitrogens is 1. The maximum absolute atomic E-state index is 12.8. The number of hydrogen-bond acceptors (Lipinski definition) is 4. The topological polar surface area (TPSA) is 73.1 Å². The van der Waals surface area contributed by atoms with Gasteiger partial charge < -0.3 is 20.5 Å². The Morgan fingerprint density at radius 2 is 1.97 bits per heavy atom. The second-order valence-corrected chi connectivity index (χ2v) is 9.44. The van der Waals surface area contributed by atoms with Crippen LogP contribution in [0.25, 0.3) is 33.1 Å². The van der Waals surface area contributed by atoms with Gasteiger partial charge in [-0.2, -0.15) is 0 Å². The van der Waals surface area contributed by atoms with E-state index in [1.54, 1.807) is 0 Å². The molecule has 4 heterocycles. The third-order valence-electron chi connectivity index (χ3n) is 7.24. The fourth-order valence-corrected chi connectivity index (χ4v) is 5.31. The molecule has 2 aliphatic heterocycles. The Bertz CT molecular complexity index is 1380. The first-order valence-corrected chi connectivity index (χ1v) is 12.0. The molecule has 2 atom stereocenters. The van der Waals surface area contributed by atoms with Gasteiger partial charge in [-0.05, 0) is 61.2 Å². The molecule has 0 bridgehead atoms. The summed E-state index contributed by atoms with van der Waals surface area (Å²) in [6.45, 7) is 4.26. The van der Waals surface area contributed by atoms with Gasteiger partial charge in [-0.1, -0.05) is 12.1 Å². The minimum atomic E-state index is -0.294. The van der Waals surface area contributed by atoms with Gasteiger partial charge >= 0.3 is 0 Å². The molecule has 1 fully saturated rings. The van der Waals surface area contributed by atoms with Crippen LogP contribution in [0.15, 0.2) is 48.7 Å². The minimum Gasteiger partial charge on any atom is -0.366 e. The van der Waals surface area contributed by atoms with Crippen LogP contribution >= 0.6 is 0 Å². The summed E-state index contributed by atoms with van der Waals surface area (Å²) in [5.41, 5.74) is 6.91. The molecule has 6 nitrogen and oxygen atoms in total. The fourth-order valence-electron chi connectivity index (χ4n) is 5.31. The lowest BCUT2D eigenvalue weighted by atomic mass is 9.97. The normalized spacial score (nSPS) is 20.5. The number of benzene rings is 2. The van der Waals surface area contributed by atoms with Crippen LogP contribution in [-0.4, -0.2) is 54.3 Å². The summed E-state index contributed by atoms with van der Waals surface area (Å²) in [5.74, 6) is -0.00892. The van der Waals surface area contributed by atoms with E-state index in [1.807, 2.05) is 12.3 Å². The molecule has 0 saturated carbocycles. The number of alkyl halides is 1. The predicted octanol–water partition coefficient (Wildman–Crippen LogP) is 4.20. The van der Waals surface area contributed by atoms with E-state index in [1.165, 1.54) is 0 Å². The van der Waals surface area contributed by atoms with Gasteiger partial charge in [0.25, 0.3) is 5.91 Å². The average Bonchev–Trinajstić information content (AvgIpc) is 3.21. The van der Waals surface area contributed by atoms with Crippen LogP contribution in [-0.2, 0) is 6.42 Å². The SMILES string of the molecule is CC1CNC(CCF)CN1c1ccc(-c2cnc3[nH]c4cc5c(cc4c3c2)CCNC5=O)cc1. The molecule has 4 aromatic rings. The smallest absolute Gasteiger partial charge is 0.251 e. The van der Waals surface area contributed by atoms with E-state index in [2.05, 4.69) is 68.8 Å². The number of halogens is 1. The first kappa shape index (κ1) is 21.1. The van der Waals surface area contributed by atoms with E-state index in [0.29, 0.717) is 19.0 Å². The van der Waals surface area contributed by atoms with Gasteiger partial charge in [-0.3, -0.25) is 9.18 Å². The summed E-state index contributed by atoms with van der Waals surface area (Å²) in [4.78, 5) is 22.6. The molecular weight excluding hydrogens is 429 g/mol. The lowest BCUT2D eigenvalue weighted by Crippen LogP contribution is -2.55. The van der Waals surface area contributed by atoms with E-state index in [4.69, 9.17) is 0 Å². The monoisotopic (exact) mass is 457 g/mol. The molecule has 174 valence electrons. The number of rotatable bonds is 4. The number of nitrogens with zero attached hydrogens (tertiary/aromatic N) is 2. The second-order valence-electron chi connectivity index (χ2n) is 9.44. The maximum atomic E-state index is 12.8.